The van der Waals surface area contributed by atoms with Crippen LogP contribution >= 0.6 is 11.6 Å². The van der Waals surface area contributed by atoms with E-state index in [1.807, 2.05) is 23.2 Å². The molecule has 0 radical (unpaired) electrons. The first-order chi connectivity index (χ1) is 14.2. The van der Waals surface area contributed by atoms with Crippen LogP contribution in [-0.2, 0) is 11.3 Å². The summed E-state index contributed by atoms with van der Waals surface area (Å²) in [6.45, 7) is 3.16. The van der Waals surface area contributed by atoms with Crippen LogP contribution in [0.1, 0.15) is 54.8 Å². The lowest BCUT2D eigenvalue weighted by Gasteiger charge is -2.32. The maximum absolute atomic E-state index is 12.4. The summed E-state index contributed by atoms with van der Waals surface area (Å²) in [5.41, 5.74) is 10.7. The van der Waals surface area contributed by atoms with Gasteiger partial charge in [-0.3, -0.25) is 4.79 Å². The van der Waals surface area contributed by atoms with Crippen molar-refractivity contribution in [3.8, 4) is 5.69 Å². The maximum atomic E-state index is 12.4. The average molecular weight is 413 g/mol. The molecule has 1 amide bonds. The predicted molar refractivity (Wildman–Crippen MR) is 118 cm³/mol. The average Bonchev–Trinajstić information content (AvgIpc) is 3.14. The lowest BCUT2D eigenvalue weighted by Crippen LogP contribution is -2.37. The summed E-state index contributed by atoms with van der Waals surface area (Å²) >= 11 is 6.08. The second-order valence-electron chi connectivity index (χ2n) is 7.91. The minimum atomic E-state index is 0.279. The summed E-state index contributed by atoms with van der Waals surface area (Å²) in [5, 5.41) is 4.08. The van der Waals surface area contributed by atoms with Crippen molar-refractivity contribution in [3.63, 3.8) is 0 Å². The molecule has 0 spiro atoms. The van der Waals surface area contributed by atoms with E-state index in [1.54, 1.807) is 0 Å². The Morgan fingerprint density at radius 3 is 2.66 bits per heavy atom. The molecule has 0 unspecified atom stereocenters. The van der Waals surface area contributed by atoms with Crippen LogP contribution in [0.4, 0.5) is 0 Å². The van der Waals surface area contributed by atoms with Gasteiger partial charge in [0.15, 0.2) is 0 Å². The molecule has 2 aromatic rings. The van der Waals surface area contributed by atoms with E-state index >= 15 is 0 Å². The van der Waals surface area contributed by atoms with E-state index in [2.05, 4.69) is 34.3 Å². The molecule has 0 bridgehead atoms. The third kappa shape index (κ3) is 4.36. The van der Waals surface area contributed by atoms with Crippen molar-refractivity contribution in [1.82, 2.24) is 14.8 Å². The summed E-state index contributed by atoms with van der Waals surface area (Å²) in [6, 6.07) is 7.99. The molecule has 1 aromatic carbocycles. The molecule has 0 saturated carbocycles. The Bertz CT molecular complexity index is 879. The number of nitrogens with one attached hydrogen (secondary N) is 1. The zero-order chi connectivity index (χ0) is 20.2. The molecule has 4 rings (SSSR count). The zero-order valence-corrected chi connectivity index (χ0v) is 17.5. The standard InChI is InChI=1S/C23H29ClN4O/c24-18-4-6-19(7-5-18)28-16-21(20-8-12-26-15-22(20)28)17-9-13-27(14-10-17)23(29)3-1-2-11-25/h4-8,12,16-17,26H,1-3,9-11,13-15,25H2. The molecule has 3 N–H and O–H groups in total. The van der Waals surface area contributed by atoms with Crippen LogP contribution < -0.4 is 11.1 Å². The fraction of sp³-hybridized carbons (Fsp3) is 0.435. The minimum Gasteiger partial charge on any atom is -0.385 e. The Balaban J connectivity index is 1.50. The van der Waals surface area contributed by atoms with Gasteiger partial charge in [-0.15, -0.1) is 0 Å². The summed E-state index contributed by atoms with van der Waals surface area (Å²) in [7, 11) is 0. The van der Waals surface area contributed by atoms with Gasteiger partial charge in [-0.1, -0.05) is 11.6 Å². The normalized spacial score (nSPS) is 16.6. The van der Waals surface area contributed by atoms with Crippen molar-refractivity contribution in [1.29, 1.82) is 0 Å². The number of halogens is 1. The first-order valence-electron chi connectivity index (χ1n) is 10.5. The van der Waals surface area contributed by atoms with Gasteiger partial charge in [0.2, 0.25) is 5.91 Å². The summed E-state index contributed by atoms with van der Waals surface area (Å²) in [5.74, 6) is 0.759. The van der Waals surface area contributed by atoms with E-state index in [-0.39, 0.29) is 5.91 Å². The number of hydrogen-bond acceptors (Lipinski definition) is 3. The van der Waals surface area contributed by atoms with Gasteiger partial charge >= 0.3 is 0 Å². The number of carbonyl (C=O) groups excluding carboxylic acids is 1. The largest absolute Gasteiger partial charge is 0.385 e. The number of benzene rings is 1. The second kappa shape index (κ2) is 9.06. The van der Waals surface area contributed by atoms with Gasteiger partial charge in [-0.25, -0.2) is 0 Å². The molecular formula is C23H29ClN4O. The lowest BCUT2D eigenvalue weighted by molar-refractivity contribution is -0.132. The summed E-state index contributed by atoms with van der Waals surface area (Å²) in [4.78, 5) is 14.5. The fourth-order valence-electron chi connectivity index (χ4n) is 4.43. The van der Waals surface area contributed by atoms with Gasteiger partial charge in [0.1, 0.15) is 0 Å². The fourth-order valence-corrected chi connectivity index (χ4v) is 4.56. The highest BCUT2D eigenvalue weighted by molar-refractivity contribution is 6.30. The molecule has 0 atom stereocenters. The summed E-state index contributed by atoms with van der Waals surface area (Å²) in [6.07, 6.45) is 11.0. The van der Waals surface area contributed by atoms with Crippen LogP contribution in [0, 0.1) is 0 Å². The van der Waals surface area contributed by atoms with Crippen molar-refractivity contribution >= 4 is 23.6 Å². The van der Waals surface area contributed by atoms with Crippen LogP contribution in [0.25, 0.3) is 11.8 Å². The zero-order valence-electron chi connectivity index (χ0n) is 16.7. The first-order valence-corrected chi connectivity index (χ1v) is 10.9. The van der Waals surface area contributed by atoms with Crippen LogP contribution in [0.3, 0.4) is 0 Å². The molecule has 6 heteroatoms. The van der Waals surface area contributed by atoms with Crippen molar-refractivity contribution in [2.24, 2.45) is 5.73 Å². The second-order valence-corrected chi connectivity index (χ2v) is 8.34. The number of likely N-dealkylation sites (tertiary alicyclic amines) is 1. The third-order valence-corrected chi connectivity index (χ3v) is 6.31. The third-order valence-electron chi connectivity index (χ3n) is 6.06. The molecule has 2 aliphatic heterocycles. The van der Waals surface area contributed by atoms with Crippen LogP contribution in [0.2, 0.25) is 5.02 Å². The van der Waals surface area contributed by atoms with Crippen molar-refractivity contribution in [3.05, 3.63) is 58.5 Å². The van der Waals surface area contributed by atoms with Gasteiger partial charge in [-0.05, 0) is 80.3 Å². The Morgan fingerprint density at radius 2 is 1.93 bits per heavy atom. The maximum Gasteiger partial charge on any atom is 0.222 e. The molecular weight excluding hydrogens is 384 g/mol. The minimum absolute atomic E-state index is 0.279. The highest BCUT2D eigenvalue weighted by atomic mass is 35.5. The van der Waals surface area contributed by atoms with Gasteiger partial charge in [0, 0.05) is 47.7 Å². The molecule has 1 saturated heterocycles. The molecule has 1 fully saturated rings. The van der Waals surface area contributed by atoms with Gasteiger partial charge in [0.25, 0.3) is 0 Å². The van der Waals surface area contributed by atoms with E-state index in [1.165, 1.54) is 16.8 Å². The van der Waals surface area contributed by atoms with Crippen LogP contribution in [0.15, 0.2) is 36.7 Å². The number of hydrogen-bond donors (Lipinski definition) is 2. The van der Waals surface area contributed by atoms with E-state index in [4.69, 9.17) is 17.3 Å². The van der Waals surface area contributed by atoms with Gasteiger partial charge < -0.3 is 20.5 Å². The Labute approximate surface area is 177 Å². The van der Waals surface area contributed by atoms with Gasteiger partial charge in [0.05, 0.1) is 6.54 Å². The molecule has 2 aliphatic rings. The van der Waals surface area contributed by atoms with Crippen molar-refractivity contribution < 1.29 is 4.79 Å². The molecule has 1 aromatic heterocycles. The van der Waals surface area contributed by atoms with Crippen molar-refractivity contribution in [2.75, 3.05) is 19.6 Å². The van der Waals surface area contributed by atoms with Crippen LogP contribution in [-0.4, -0.2) is 35.0 Å². The topological polar surface area (TPSA) is 63.3 Å². The number of nitrogens with two attached hydrogens (primary N) is 1. The number of amides is 1. The monoisotopic (exact) mass is 412 g/mol. The van der Waals surface area contributed by atoms with E-state index in [9.17, 15) is 4.79 Å². The van der Waals surface area contributed by atoms with Crippen LogP contribution in [0.5, 0.6) is 0 Å². The van der Waals surface area contributed by atoms with E-state index < -0.39 is 0 Å². The molecule has 154 valence electrons. The smallest absolute Gasteiger partial charge is 0.222 e. The SMILES string of the molecule is NCCCCC(=O)N1CCC(c2cn(-c3ccc(Cl)cc3)c3c2C=CNC3)CC1. The number of aromatic nitrogens is 1. The Kier molecular flexibility index (Phi) is 6.26. The number of piperidine rings is 1. The summed E-state index contributed by atoms with van der Waals surface area (Å²) < 4.78 is 2.28. The van der Waals surface area contributed by atoms with E-state index in [0.717, 1.165) is 56.0 Å². The highest BCUT2D eigenvalue weighted by Crippen LogP contribution is 2.36. The lowest BCUT2D eigenvalue weighted by atomic mass is 9.87. The highest BCUT2D eigenvalue weighted by Gasteiger charge is 2.28. The molecule has 0 aliphatic carbocycles. The number of nitrogens with zero attached hydrogens (tertiary/aromatic N) is 2. The number of fused-ring (bicyclic) bond motifs is 1. The number of unbranched alkanes of at least 4 members (excludes halogenated alkanes) is 1. The van der Waals surface area contributed by atoms with Crippen molar-refractivity contribution in [2.45, 2.75) is 44.6 Å². The molecule has 29 heavy (non-hydrogen) atoms. The first kappa shape index (κ1) is 20.0. The molecule has 5 nitrogen and oxygen atoms in total. The number of carbonyl (C=O) groups is 1. The Hall–Kier alpha value is -2.24. The number of rotatable bonds is 6. The van der Waals surface area contributed by atoms with E-state index in [0.29, 0.717) is 18.9 Å². The molecule has 3 heterocycles. The predicted octanol–water partition coefficient (Wildman–Crippen LogP) is 4.04. The quantitative estimate of drug-likeness (QED) is 0.704. The van der Waals surface area contributed by atoms with Gasteiger partial charge in [-0.2, -0.15) is 0 Å². The Morgan fingerprint density at radius 1 is 1.17 bits per heavy atom.